The number of pyridine rings is 1. The number of amides is 1. The highest BCUT2D eigenvalue weighted by molar-refractivity contribution is 5.94. The number of nitrogens with zero attached hydrogens (tertiary/aromatic N) is 1. The van der Waals surface area contributed by atoms with Crippen molar-refractivity contribution in [3.05, 3.63) is 34.2 Å². The Hall–Kier alpha value is -2.11. The first-order valence-corrected chi connectivity index (χ1v) is 7.28. The van der Waals surface area contributed by atoms with Gasteiger partial charge in [0, 0.05) is 30.8 Å². The molecule has 3 heterocycles. The number of aromatic amines is 1. The summed E-state index contributed by atoms with van der Waals surface area (Å²) in [7, 11) is 0. The van der Waals surface area contributed by atoms with E-state index < -0.39 is 5.97 Å². The Labute approximate surface area is 121 Å². The first-order chi connectivity index (χ1) is 10.0. The zero-order valence-electron chi connectivity index (χ0n) is 11.6. The van der Waals surface area contributed by atoms with Crippen LogP contribution in [0.15, 0.2) is 23.1 Å². The molecule has 1 aromatic rings. The molecule has 1 amide bonds. The first kappa shape index (κ1) is 13.9. The van der Waals surface area contributed by atoms with Gasteiger partial charge in [0.25, 0.3) is 5.91 Å². The molecule has 2 aliphatic rings. The van der Waals surface area contributed by atoms with Gasteiger partial charge >= 0.3 is 5.97 Å². The highest BCUT2D eigenvalue weighted by Gasteiger charge is 2.43. The molecule has 0 saturated carbocycles. The van der Waals surface area contributed by atoms with E-state index in [1.54, 1.807) is 6.07 Å². The van der Waals surface area contributed by atoms with Crippen molar-refractivity contribution in [2.24, 2.45) is 5.92 Å². The number of H-pyrrole nitrogens is 1. The Morgan fingerprint density at radius 1 is 1.24 bits per heavy atom. The van der Waals surface area contributed by atoms with Crippen molar-refractivity contribution in [2.75, 3.05) is 0 Å². The topological polar surface area (TPSA) is 90.5 Å². The SMILES string of the molecule is O=C(O)CC1CC2CCC(C1)N2C(=O)c1ccc(=O)[nH]c1. The summed E-state index contributed by atoms with van der Waals surface area (Å²) in [4.78, 5) is 38.9. The molecular formula is C15H18N2O4. The largest absolute Gasteiger partial charge is 0.481 e. The first-order valence-electron chi connectivity index (χ1n) is 7.28. The van der Waals surface area contributed by atoms with Gasteiger partial charge in [0.05, 0.1) is 5.56 Å². The Morgan fingerprint density at radius 3 is 2.43 bits per heavy atom. The van der Waals surface area contributed by atoms with E-state index in [-0.39, 0.29) is 35.9 Å². The van der Waals surface area contributed by atoms with Crippen molar-refractivity contribution in [2.45, 2.75) is 44.2 Å². The molecule has 2 saturated heterocycles. The second-order valence-electron chi connectivity index (χ2n) is 5.97. The van der Waals surface area contributed by atoms with E-state index in [0.29, 0.717) is 5.56 Å². The van der Waals surface area contributed by atoms with Crippen molar-refractivity contribution in [3.63, 3.8) is 0 Å². The maximum atomic E-state index is 12.6. The minimum Gasteiger partial charge on any atom is -0.481 e. The highest BCUT2D eigenvalue weighted by Crippen LogP contribution is 2.40. The number of hydrogen-bond acceptors (Lipinski definition) is 3. The number of rotatable bonds is 3. The van der Waals surface area contributed by atoms with E-state index >= 15 is 0 Å². The predicted octanol–water partition coefficient (Wildman–Crippen LogP) is 1.23. The maximum absolute atomic E-state index is 12.6. The van der Waals surface area contributed by atoms with Crippen LogP contribution in [-0.2, 0) is 4.79 Å². The number of carbonyl (C=O) groups is 2. The number of aliphatic carboxylic acids is 1. The van der Waals surface area contributed by atoms with Crippen molar-refractivity contribution in [1.82, 2.24) is 9.88 Å². The van der Waals surface area contributed by atoms with Gasteiger partial charge in [-0.25, -0.2) is 0 Å². The van der Waals surface area contributed by atoms with Gasteiger partial charge in [-0.3, -0.25) is 14.4 Å². The summed E-state index contributed by atoms with van der Waals surface area (Å²) in [5.41, 5.74) is 0.262. The van der Waals surface area contributed by atoms with Crippen LogP contribution in [0.3, 0.4) is 0 Å². The third kappa shape index (κ3) is 2.70. The number of carboxylic acids is 1. The minimum absolute atomic E-state index is 0.0625. The zero-order chi connectivity index (χ0) is 15.0. The molecule has 6 heteroatoms. The number of piperidine rings is 1. The molecule has 2 aliphatic heterocycles. The standard InChI is InChI=1S/C15H18N2O4/c18-13-4-1-10(8-16-13)15(21)17-11-2-3-12(17)6-9(5-11)7-14(19)20/h1,4,8-9,11-12H,2-3,5-7H2,(H,16,18)(H,19,20). The molecule has 6 nitrogen and oxygen atoms in total. The highest BCUT2D eigenvalue weighted by atomic mass is 16.4. The molecular weight excluding hydrogens is 272 g/mol. The van der Waals surface area contributed by atoms with Gasteiger partial charge in [-0.1, -0.05) is 0 Å². The summed E-state index contributed by atoms with van der Waals surface area (Å²) in [5, 5.41) is 8.92. The van der Waals surface area contributed by atoms with E-state index in [9.17, 15) is 14.4 Å². The third-order valence-corrected chi connectivity index (χ3v) is 4.56. The lowest BCUT2D eigenvalue weighted by Gasteiger charge is -2.38. The summed E-state index contributed by atoms with van der Waals surface area (Å²) >= 11 is 0. The van der Waals surface area contributed by atoms with Crippen LogP contribution < -0.4 is 5.56 Å². The quantitative estimate of drug-likeness (QED) is 0.876. The fourth-order valence-corrected chi connectivity index (χ4v) is 3.73. The van der Waals surface area contributed by atoms with Gasteiger partial charge in [0.2, 0.25) is 5.56 Å². The lowest BCUT2D eigenvalue weighted by Crippen LogP contribution is -2.47. The average Bonchev–Trinajstić information content (AvgIpc) is 2.70. The van der Waals surface area contributed by atoms with Gasteiger partial charge in [-0.2, -0.15) is 0 Å². The smallest absolute Gasteiger partial charge is 0.303 e. The summed E-state index contributed by atoms with van der Waals surface area (Å²) in [6, 6.07) is 3.16. The molecule has 0 radical (unpaired) electrons. The number of fused-ring (bicyclic) bond motifs is 2. The molecule has 2 atom stereocenters. The normalized spacial score (nSPS) is 27.6. The number of carbonyl (C=O) groups excluding carboxylic acids is 1. The zero-order valence-corrected chi connectivity index (χ0v) is 11.6. The van der Waals surface area contributed by atoms with Crippen LogP contribution in [-0.4, -0.2) is 39.0 Å². The fraction of sp³-hybridized carbons (Fsp3) is 0.533. The van der Waals surface area contributed by atoms with E-state index in [4.69, 9.17) is 5.11 Å². The lowest BCUT2D eigenvalue weighted by molar-refractivity contribution is -0.138. The van der Waals surface area contributed by atoms with Crippen LogP contribution in [0.25, 0.3) is 0 Å². The summed E-state index contributed by atoms with van der Waals surface area (Å²) in [6.07, 6.45) is 5.04. The molecule has 3 rings (SSSR count). The average molecular weight is 290 g/mol. The summed E-state index contributed by atoms with van der Waals surface area (Å²) in [5.74, 6) is -0.660. The van der Waals surface area contributed by atoms with Gasteiger partial charge in [0.1, 0.15) is 0 Å². The monoisotopic (exact) mass is 290 g/mol. The van der Waals surface area contributed by atoms with E-state index in [0.717, 1.165) is 25.7 Å². The Kier molecular flexibility index (Phi) is 3.53. The molecule has 0 aliphatic carbocycles. The molecule has 2 N–H and O–H groups in total. The predicted molar refractivity (Wildman–Crippen MR) is 75.0 cm³/mol. The summed E-state index contributed by atoms with van der Waals surface area (Å²) < 4.78 is 0. The second kappa shape index (κ2) is 5.35. The molecule has 1 aromatic heterocycles. The maximum Gasteiger partial charge on any atom is 0.303 e. The van der Waals surface area contributed by atoms with Crippen LogP contribution in [0.1, 0.15) is 42.5 Å². The van der Waals surface area contributed by atoms with E-state index in [1.807, 2.05) is 4.90 Å². The van der Waals surface area contributed by atoms with Crippen molar-refractivity contribution in [3.8, 4) is 0 Å². The number of aromatic nitrogens is 1. The molecule has 2 bridgehead atoms. The second-order valence-corrected chi connectivity index (χ2v) is 5.97. The number of carboxylic acid groups (broad SMARTS) is 1. The molecule has 112 valence electrons. The van der Waals surface area contributed by atoms with Gasteiger partial charge in [-0.15, -0.1) is 0 Å². The van der Waals surface area contributed by atoms with Crippen molar-refractivity contribution >= 4 is 11.9 Å². The van der Waals surface area contributed by atoms with Crippen LogP contribution in [0.2, 0.25) is 0 Å². The lowest BCUT2D eigenvalue weighted by atomic mass is 9.88. The van der Waals surface area contributed by atoms with Gasteiger partial charge in [0.15, 0.2) is 0 Å². The van der Waals surface area contributed by atoms with E-state index in [2.05, 4.69) is 4.98 Å². The Balaban J connectivity index is 1.75. The number of hydrogen-bond donors (Lipinski definition) is 2. The molecule has 0 aromatic carbocycles. The van der Waals surface area contributed by atoms with Crippen LogP contribution in [0.5, 0.6) is 0 Å². The van der Waals surface area contributed by atoms with Crippen LogP contribution in [0, 0.1) is 5.92 Å². The molecule has 2 unspecified atom stereocenters. The molecule has 2 fully saturated rings. The molecule has 21 heavy (non-hydrogen) atoms. The van der Waals surface area contributed by atoms with Crippen molar-refractivity contribution in [1.29, 1.82) is 0 Å². The number of nitrogens with one attached hydrogen (secondary N) is 1. The fourth-order valence-electron chi connectivity index (χ4n) is 3.73. The summed E-state index contributed by atoms with van der Waals surface area (Å²) in [6.45, 7) is 0. The van der Waals surface area contributed by atoms with Crippen molar-refractivity contribution < 1.29 is 14.7 Å². The third-order valence-electron chi connectivity index (χ3n) is 4.56. The molecule has 0 spiro atoms. The van der Waals surface area contributed by atoms with Crippen LogP contribution >= 0.6 is 0 Å². The van der Waals surface area contributed by atoms with Gasteiger partial charge in [-0.05, 0) is 37.7 Å². The van der Waals surface area contributed by atoms with Gasteiger partial charge < -0.3 is 15.0 Å². The minimum atomic E-state index is -0.764. The Bertz CT molecular complexity index is 590. The van der Waals surface area contributed by atoms with Crippen LogP contribution in [0.4, 0.5) is 0 Å². The van der Waals surface area contributed by atoms with E-state index in [1.165, 1.54) is 12.3 Å². The Morgan fingerprint density at radius 2 is 1.90 bits per heavy atom.